The topological polar surface area (TPSA) is 104 Å². The van der Waals surface area contributed by atoms with Gasteiger partial charge in [-0.3, -0.25) is 14.4 Å². The summed E-state index contributed by atoms with van der Waals surface area (Å²) in [4.78, 5) is 37.0. The second kappa shape index (κ2) is 6.64. The predicted molar refractivity (Wildman–Crippen MR) is 80.6 cm³/mol. The molecule has 23 heavy (non-hydrogen) atoms. The van der Waals surface area contributed by atoms with Gasteiger partial charge in [0.05, 0.1) is 6.26 Å². The van der Waals surface area contributed by atoms with Crippen LogP contribution in [0.15, 0.2) is 27.9 Å². The number of likely N-dealkylation sites (tertiary alicyclic amines) is 1. The number of amides is 3. The monoisotopic (exact) mass is 318 g/mol. The molecule has 0 spiro atoms. The highest BCUT2D eigenvalue weighted by Crippen LogP contribution is 2.14. The highest BCUT2D eigenvalue weighted by Gasteiger charge is 2.28. The van der Waals surface area contributed by atoms with E-state index in [9.17, 15) is 14.4 Å². The van der Waals surface area contributed by atoms with Gasteiger partial charge in [-0.2, -0.15) is 5.10 Å². The highest BCUT2D eigenvalue weighted by molar-refractivity contribution is 6.39. The fourth-order valence-electron chi connectivity index (χ4n) is 2.70. The van der Waals surface area contributed by atoms with E-state index in [1.54, 1.807) is 17.0 Å². The minimum atomic E-state index is -0.237. The number of carbonyl (C=O) groups is 3. The molecule has 0 bridgehead atoms. The van der Waals surface area contributed by atoms with Gasteiger partial charge in [0.2, 0.25) is 5.91 Å². The maximum atomic E-state index is 12.3. The molecule has 2 N–H and O–H groups in total. The van der Waals surface area contributed by atoms with Gasteiger partial charge >= 0.3 is 0 Å². The van der Waals surface area contributed by atoms with Crippen molar-refractivity contribution in [3.63, 3.8) is 0 Å². The molecule has 0 aromatic carbocycles. The third-order valence-electron chi connectivity index (χ3n) is 4.01. The first-order valence-corrected chi connectivity index (χ1v) is 7.62. The van der Waals surface area contributed by atoms with Crippen molar-refractivity contribution in [2.45, 2.75) is 31.7 Å². The van der Waals surface area contributed by atoms with Crippen LogP contribution in [0.25, 0.3) is 0 Å². The Labute approximate surface area is 132 Å². The zero-order valence-electron chi connectivity index (χ0n) is 12.6. The fourth-order valence-corrected chi connectivity index (χ4v) is 2.70. The van der Waals surface area contributed by atoms with Crippen LogP contribution in [0.2, 0.25) is 0 Å². The van der Waals surface area contributed by atoms with Crippen molar-refractivity contribution in [2.75, 3.05) is 13.1 Å². The predicted octanol–water partition coefficient (Wildman–Crippen LogP) is 0.266. The maximum Gasteiger partial charge on any atom is 0.287 e. The van der Waals surface area contributed by atoms with Gasteiger partial charge in [0.1, 0.15) is 5.71 Å². The molecule has 0 saturated carbocycles. The summed E-state index contributed by atoms with van der Waals surface area (Å²) in [7, 11) is 0. The average molecular weight is 318 g/mol. The largest absolute Gasteiger partial charge is 0.459 e. The molecule has 3 heterocycles. The van der Waals surface area contributed by atoms with Crippen molar-refractivity contribution in [1.82, 2.24) is 15.6 Å². The lowest BCUT2D eigenvalue weighted by atomic mass is 10.0. The summed E-state index contributed by atoms with van der Waals surface area (Å²) in [6.07, 6.45) is 3.48. The van der Waals surface area contributed by atoms with Crippen LogP contribution in [0.5, 0.6) is 0 Å². The summed E-state index contributed by atoms with van der Waals surface area (Å²) in [6.45, 7) is 1.10. The Balaban J connectivity index is 1.49. The van der Waals surface area contributed by atoms with E-state index in [1.807, 2.05) is 0 Å². The molecule has 122 valence electrons. The molecule has 0 atom stereocenters. The zero-order chi connectivity index (χ0) is 16.2. The van der Waals surface area contributed by atoms with E-state index in [0.717, 1.165) is 0 Å². The van der Waals surface area contributed by atoms with E-state index in [-0.39, 0.29) is 29.5 Å². The molecule has 8 heteroatoms. The number of piperidine rings is 1. The van der Waals surface area contributed by atoms with E-state index in [4.69, 9.17) is 4.42 Å². The molecule has 3 amide bonds. The Morgan fingerprint density at radius 2 is 2.09 bits per heavy atom. The van der Waals surface area contributed by atoms with Gasteiger partial charge in [-0.05, 0) is 25.0 Å². The highest BCUT2D eigenvalue weighted by atomic mass is 16.3. The zero-order valence-corrected chi connectivity index (χ0v) is 12.6. The van der Waals surface area contributed by atoms with Crippen molar-refractivity contribution in [3.05, 3.63) is 24.2 Å². The van der Waals surface area contributed by atoms with Crippen molar-refractivity contribution in [1.29, 1.82) is 0 Å². The van der Waals surface area contributed by atoms with Gasteiger partial charge in [-0.1, -0.05) is 0 Å². The molecule has 2 aliphatic rings. The van der Waals surface area contributed by atoms with Crippen LogP contribution in [0.3, 0.4) is 0 Å². The molecule has 2 aliphatic heterocycles. The van der Waals surface area contributed by atoms with Crippen LogP contribution >= 0.6 is 0 Å². The Hall–Kier alpha value is -2.64. The molecule has 1 aromatic rings. The Morgan fingerprint density at radius 3 is 2.70 bits per heavy atom. The second-order valence-electron chi connectivity index (χ2n) is 5.61. The van der Waals surface area contributed by atoms with Gasteiger partial charge in [0.15, 0.2) is 5.76 Å². The first-order valence-electron chi connectivity index (χ1n) is 7.62. The molecule has 1 saturated heterocycles. The van der Waals surface area contributed by atoms with E-state index >= 15 is 0 Å². The minimum absolute atomic E-state index is 0.0182. The summed E-state index contributed by atoms with van der Waals surface area (Å²) in [5, 5.41) is 6.74. The molecule has 8 nitrogen and oxygen atoms in total. The van der Waals surface area contributed by atoms with Crippen LogP contribution in [-0.4, -0.2) is 47.5 Å². The number of nitrogens with one attached hydrogen (secondary N) is 2. The first kappa shape index (κ1) is 15.3. The SMILES string of the molecule is O=C1CCC(C(=O)N2CCC(NC(=O)c3ccco3)CC2)=NN1. The number of rotatable bonds is 3. The summed E-state index contributed by atoms with van der Waals surface area (Å²) in [5.41, 5.74) is 2.73. The first-order chi connectivity index (χ1) is 11.1. The minimum Gasteiger partial charge on any atom is -0.459 e. The Kier molecular flexibility index (Phi) is 4.40. The number of hydrogen-bond acceptors (Lipinski definition) is 5. The standard InChI is InChI=1S/C15H18N4O4/c20-13-4-3-11(17-18-13)15(22)19-7-5-10(6-8-19)16-14(21)12-2-1-9-23-12/h1-2,9-10H,3-8H2,(H,16,21)(H,18,20). The fraction of sp³-hybridized carbons (Fsp3) is 0.467. The van der Waals surface area contributed by atoms with Gasteiger partial charge < -0.3 is 14.6 Å². The lowest BCUT2D eigenvalue weighted by Gasteiger charge is -2.32. The van der Waals surface area contributed by atoms with Crippen molar-refractivity contribution in [3.8, 4) is 0 Å². The van der Waals surface area contributed by atoms with Crippen molar-refractivity contribution < 1.29 is 18.8 Å². The molecule has 0 aliphatic carbocycles. The summed E-state index contributed by atoms with van der Waals surface area (Å²) in [5.74, 6) is -0.253. The van der Waals surface area contributed by atoms with Gasteiger partial charge in [0, 0.05) is 32.0 Å². The van der Waals surface area contributed by atoms with Gasteiger partial charge in [-0.15, -0.1) is 0 Å². The average Bonchev–Trinajstić information content (AvgIpc) is 3.10. The molecule has 1 aromatic heterocycles. The summed E-state index contributed by atoms with van der Waals surface area (Å²) in [6, 6.07) is 3.30. The van der Waals surface area contributed by atoms with Crippen LogP contribution in [0, 0.1) is 0 Å². The number of hydrogen-bond donors (Lipinski definition) is 2. The van der Waals surface area contributed by atoms with E-state index in [1.165, 1.54) is 6.26 Å². The molecule has 3 rings (SSSR count). The van der Waals surface area contributed by atoms with Crippen LogP contribution in [0.1, 0.15) is 36.2 Å². The van der Waals surface area contributed by atoms with Crippen LogP contribution < -0.4 is 10.7 Å². The number of furan rings is 1. The molecule has 0 radical (unpaired) electrons. The van der Waals surface area contributed by atoms with E-state index in [0.29, 0.717) is 44.5 Å². The number of carbonyl (C=O) groups excluding carboxylic acids is 3. The van der Waals surface area contributed by atoms with Crippen molar-refractivity contribution >= 4 is 23.4 Å². The third-order valence-corrected chi connectivity index (χ3v) is 4.01. The normalized spacial score (nSPS) is 19.0. The lowest BCUT2D eigenvalue weighted by Crippen LogP contribution is -2.49. The maximum absolute atomic E-state index is 12.3. The molecule has 1 fully saturated rings. The number of nitrogens with zero attached hydrogens (tertiary/aromatic N) is 2. The van der Waals surface area contributed by atoms with Crippen LogP contribution in [-0.2, 0) is 9.59 Å². The Morgan fingerprint density at radius 1 is 1.30 bits per heavy atom. The smallest absolute Gasteiger partial charge is 0.287 e. The van der Waals surface area contributed by atoms with Gasteiger partial charge in [-0.25, -0.2) is 5.43 Å². The van der Waals surface area contributed by atoms with Crippen molar-refractivity contribution in [2.24, 2.45) is 5.10 Å². The molecular formula is C15H18N4O4. The van der Waals surface area contributed by atoms with Gasteiger partial charge in [0.25, 0.3) is 11.8 Å². The Bertz CT molecular complexity index is 630. The van der Waals surface area contributed by atoms with Crippen LogP contribution in [0.4, 0.5) is 0 Å². The summed E-state index contributed by atoms with van der Waals surface area (Å²) < 4.78 is 5.06. The lowest BCUT2D eigenvalue weighted by molar-refractivity contribution is -0.125. The van der Waals surface area contributed by atoms with E-state index < -0.39 is 0 Å². The van der Waals surface area contributed by atoms with E-state index in [2.05, 4.69) is 15.8 Å². The second-order valence-corrected chi connectivity index (χ2v) is 5.61. The molecular weight excluding hydrogens is 300 g/mol. The quantitative estimate of drug-likeness (QED) is 0.834. The summed E-state index contributed by atoms with van der Waals surface area (Å²) >= 11 is 0. The third kappa shape index (κ3) is 3.58. The molecule has 0 unspecified atom stereocenters. The number of hydrazone groups is 1.